The number of carbonyl (C=O) groups is 1. The molecule has 3 aromatic rings. The molecule has 1 N–H and O–H groups in total. The highest BCUT2D eigenvalue weighted by molar-refractivity contribution is 5.93. The molecule has 0 fully saturated rings. The largest absolute Gasteiger partial charge is 0.493 e. The van der Waals surface area contributed by atoms with Crippen LogP contribution in [0.3, 0.4) is 0 Å². The number of rotatable bonds is 6. The Bertz CT molecular complexity index is 1040. The van der Waals surface area contributed by atoms with Gasteiger partial charge in [0.15, 0.2) is 17.2 Å². The number of aromatic nitrogens is 2. The molecule has 0 saturated heterocycles. The molecule has 0 saturated carbocycles. The average molecular weight is 367 g/mol. The third kappa shape index (κ3) is 3.76. The molecular formula is C20H21N3O4. The quantitative estimate of drug-likeness (QED) is 0.720. The summed E-state index contributed by atoms with van der Waals surface area (Å²) in [6, 6.07) is 12.8. The van der Waals surface area contributed by atoms with Gasteiger partial charge in [0, 0.05) is 13.6 Å². The predicted octanol–water partition coefficient (Wildman–Crippen LogP) is 1.92. The summed E-state index contributed by atoms with van der Waals surface area (Å²) in [6.07, 6.45) is 0.583. The number of nitrogens with zero attached hydrogens (tertiary/aromatic N) is 2. The van der Waals surface area contributed by atoms with E-state index in [0.717, 1.165) is 5.56 Å². The summed E-state index contributed by atoms with van der Waals surface area (Å²) < 4.78 is 11.9. The van der Waals surface area contributed by atoms with Crippen molar-refractivity contribution in [1.82, 2.24) is 14.9 Å². The first kappa shape index (κ1) is 18.4. The van der Waals surface area contributed by atoms with Gasteiger partial charge in [0.2, 0.25) is 0 Å². The van der Waals surface area contributed by atoms with E-state index in [2.05, 4.69) is 10.3 Å². The number of para-hydroxylation sites is 2. The fraction of sp³-hybridized carbons (Fsp3) is 0.250. The van der Waals surface area contributed by atoms with Gasteiger partial charge in [-0.15, -0.1) is 0 Å². The molecule has 1 heterocycles. The fourth-order valence-corrected chi connectivity index (χ4v) is 2.87. The first-order valence-electron chi connectivity index (χ1n) is 8.50. The van der Waals surface area contributed by atoms with Crippen LogP contribution in [0.5, 0.6) is 11.5 Å². The summed E-state index contributed by atoms with van der Waals surface area (Å²) in [7, 11) is 4.78. The summed E-state index contributed by atoms with van der Waals surface area (Å²) in [4.78, 5) is 29.1. The van der Waals surface area contributed by atoms with Gasteiger partial charge >= 0.3 is 0 Å². The lowest BCUT2D eigenvalue weighted by Gasteiger charge is -2.10. The molecular weight excluding hydrogens is 346 g/mol. The standard InChI is InChI=1S/C20H21N3O4/c1-23-15-7-5-4-6-14(15)22-18(20(23)25)19(24)21-11-10-13-8-9-16(26-2)17(12-13)27-3/h4-9,12H,10-11H2,1-3H3,(H,21,24). The molecule has 3 rings (SSSR count). The molecule has 140 valence electrons. The highest BCUT2D eigenvalue weighted by Crippen LogP contribution is 2.27. The Labute approximate surface area is 156 Å². The summed E-state index contributed by atoms with van der Waals surface area (Å²) in [5.74, 6) is 0.794. The van der Waals surface area contributed by atoms with Crippen molar-refractivity contribution >= 4 is 16.9 Å². The second-order valence-corrected chi connectivity index (χ2v) is 6.01. The van der Waals surface area contributed by atoms with E-state index in [9.17, 15) is 9.59 Å². The van der Waals surface area contributed by atoms with Gasteiger partial charge in [-0.3, -0.25) is 9.59 Å². The number of carbonyl (C=O) groups excluding carboxylic acids is 1. The molecule has 0 unspecified atom stereocenters. The SMILES string of the molecule is COc1ccc(CCNC(=O)c2nc3ccccc3n(C)c2=O)cc1OC. The van der Waals surface area contributed by atoms with Crippen LogP contribution in [0, 0.1) is 0 Å². The Morgan fingerprint density at radius 2 is 1.85 bits per heavy atom. The molecule has 0 atom stereocenters. The maximum atomic E-state index is 12.4. The third-order valence-corrected chi connectivity index (χ3v) is 4.34. The molecule has 0 aliphatic carbocycles. The van der Waals surface area contributed by atoms with E-state index in [1.165, 1.54) is 4.57 Å². The maximum Gasteiger partial charge on any atom is 0.282 e. The zero-order chi connectivity index (χ0) is 19.4. The lowest BCUT2D eigenvalue weighted by Crippen LogP contribution is -2.34. The van der Waals surface area contributed by atoms with Gasteiger partial charge in [-0.2, -0.15) is 0 Å². The molecule has 2 aromatic carbocycles. The Hall–Kier alpha value is -3.35. The molecule has 27 heavy (non-hydrogen) atoms. The summed E-state index contributed by atoms with van der Waals surface area (Å²) in [5, 5.41) is 2.76. The van der Waals surface area contributed by atoms with Crippen molar-refractivity contribution in [2.24, 2.45) is 7.05 Å². The molecule has 7 nitrogen and oxygen atoms in total. The van der Waals surface area contributed by atoms with Crippen molar-refractivity contribution in [1.29, 1.82) is 0 Å². The van der Waals surface area contributed by atoms with Gasteiger partial charge in [-0.25, -0.2) is 4.98 Å². The van der Waals surface area contributed by atoms with Crippen LogP contribution in [0.2, 0.25) is 0 Å². The number of fused-ring (bicyclic) bond motifs is 1. The topological polar surface area (TPSA) is 82.5 Å². The van der Waals surface area contributed by atoms with E-state index in [-0.39, 0.29) is 5.69 Å². The van der Waals surface area contributed by atoms with Crippen LogP contribution in [-0.2, 0) is 13.5 Å². The Morgan fingerprint density at radius 1 is 1.11 bits per heavy atom. The minimum atomic E-state index is -0.484. The van der Waals surface area contributed by atoms with E-state index in [4.69, 9.17) is 9.47 Å². The minimum absolute atomic E-state index is 0.108. The Balaban J connectivity index is 1.72. The van der Waals surface area contributed by atoms with Gasteiger partial charge < -0.3 is 19.4 Å². The lowest BCUT2D eigenvalue weighted by atomic mass is 10.1. The van der Waals surface area contributed by atoms with E-state index in [0.29, 0.717) is 35.5 Å². The van der Waals surface area contributed by atoms with Gasteiger partial charge in [-0.1, -0.05) is 18.2 Å². The molecule has 0 radical (unpaired) electrons. The van der Waals surface area contributed by atoms with E-state index >= 15 is 0 Å². The highest BCUT2D eigenvalue weighted by Gasteiger charge is 2.15. The number of aryl methyl sites for hydroxylation is 1. The third-order valence-electron chi connectivity index (χ3n) is 4.34. The van der Waals surface area contributed by atoms with Crippen molar-refractivity contribution in [2.45, 2.75) is 6.42 Å². The normalized spacial score (nSPS) is 10.6. The maximum absolute atomic E-state index is 12.4. The first-order valence-corrected chi connectivity index (χ1v) is 8.50. The molecule has 0 aliphatic rings. The van der Waals surface area contributed by atoms with Crippen molar-refractivity contribution in [3.63, 3.8) is 0 Å². The van der Waals surface area contributed by atoms with Crippen LogP contribution in [0.25, 0.3) is 11.0 Å². The Kier molecular flexibility index (Phi) is 5.40. The number of hydrogen-bond donors (Lipinski definition) is 1. The zero-order valence-corrected chi connectivity index (χ0v) is 15.5. The second kappa shape index (κ2) is 7.90. The number of benzene rings is 2. The van der Waals surface area contributed by atoms with Crippen LogP contribution < -0.4 is 20.3 Å². The average Bonchev–Trinajstić information content (AvgIpc) is 2.70. The monoisotopic (exact) mass is 367 g/mol. The number of methoxy groups -OCH3 is 2. The lowest BCUT2D eigenvalue weighted by molar-refractivity contribution is 0.0947. The minimum Gasteiger partial charge on any atom is -0.493 e. The van der Waals surface area contributed by atoms with E-state index in [1.54, 1.807) is 33.4 Å². The molecule has 0 spiro atoms. The number of ether oxygens (including phenoxy) is 2. The van der Waals surface area contributed by atoms with Crippen molar-refractivity contribution in [3.05, 3.63) is 64.1 Å². The second-order valence-electron chi connectivity index (χ2n) is 6.01. The van der Waals surface area contributed by atoms with E-state index in [1.807, 2.05) is 30.3 Å². The van der Waals surface area contributed by atoms with Gasteiger partial charge in [-0.05, 0) is 36.2 Å². The van der Waals surface area contributed by atoms with Crippen LogP contribution in [-0.4, -0.2) is 36.2 Å². The molecule has 0 aliphatic heterocycles. The number of amides is 1. The first-order chi connectivity index (χ1) is 13.0. The fourth-order valence-electron chi connectivity index (χ4n) is 2.87. The molecule has 1 amide bonds. The Morgan fingerprint density at radius 3 is 2.59 bits per heavy atom. The number of nitrogens with one attached hydrogen (secondary N) is 1. The highest BCUT2D eigenvalue weighted by atomic mass is 16.5. The smallest absolute Gasteiger partial charge is 0.282 e. The molecule has 1 aromatic heterocycles. The number of hydrogen-bond acceptors (Lipinski definition) is 5. The molecule has 0 bridgehead atoms. The van der Waals surface area contributed by atoms with Crippen LogP contribution >= 0.6 is 0 Å². The zero-order valence-electron chi connectivity index (χ0n) is 15.5. The van der Waals surface area contributed by atoms with Crippen molar-refractivity contribution < 1.29 is 14.3 Å². The van der Waals surface area contributed by atoms with Gasteiger partial charge in [0.1, 0.15) is 0 Å². The van der Waals surface area contributed by atoms with E-state index < -0.39 is 11.5 Å². The molecule has 7 heteroatoms. The van der Waals surface area contributed by atoms with Crippen molar-refractivity contribution in [2.75, 3.05) is 20.8 Å². The van der Waals surface area contributed by atoms with Gasteiger partial charge in [0.25, 0.3) is 11.5 Å². The van der Waals surface area contributed by atoms with Crippen LogP contribution in [0.15, 0.2) is 47.3 Å². The van der Waals surface area contributed by atoms with Crippen LogP contribution in [0.1, 0.15) is 16.1 Å². The van der Waals surface area contributed by atoms with Gasteiger partial charge in [0.05, 0.1) is 25.3 Å². The van der Waals surface area contributed by atoms with Crippen LogP contribution in [0.4, 0.5) is 0 Å². The summed E-state index contributed by atoms with van der Waals surface area (Å²) in [5.41, 5.74) is 1.74. The predicted molar refractivity (Wildman–Crippen MR) is 103 cm³/mol. The van der Waals surface area contributed by atoms with Crippen molar-refractivity contribution in [3.8, 4) is 11.5 Å². The summed E-state index contributed by atoms with van der Waals surface area (Å²) in [6.45, 7) is 0.367. The summed E-state index contributed by atoms with van der Waals surface area (Å²) >= 11 is 0.